The number of hydrogen-bond acceptors (Lipinski definition) is 2. The standard InChI is InChI=1S/C9H11BrFNO/c10-8-5-6(11)1-2-7(8)9(12)3-4-13/h1-2,5,9,13H,3-4,12H2. The molecule has 0 aliphatic heterocycles. The summed E-state index contributed by atoms with van der Waals surface area (Å²) in [4.78, 5) is 0. The molecule has 72 valence electrons. The summed E-state index contributed by atoms with van der Waals surface area (Å²) in [5, 5.41) is 8.67. The van der Waals surface area contributed by atoms with Crippen molar-refractivity contribution in [2.24, 2.45) is 5.73 Å². The van der Waals surface area contributed by atoms with Crippen LogP contribution < -0.4 is 5.73 Å². The lowest BCUT2D eigenvalue weighted by atomic mass is 10.1. The normalized spacial score (nSPS) is 12.9. The average molecular weight is 248 g/mol. The summed E-state index contributed by atoms with van der Waals surface area (Å²) < 4.78 is 13.3. The molecule has 0 radical (unpaired) electrons. The van der Waals surface area contributed by atoms with Crippen LogP contribution in [0.15, 0.2) is 22.7 Å². The third-order valence-electron chi connectivity index (χ3n) is 1.80. The van der Waals surface area contributed by atoms with E-state index in [0.717, 1.165) is 5.56 Å². The van der Waals surface area contributed by atoms with Crippen LogP contribution in [0.4, 0.5) is 4.39 Å². The lowest BCUT2D eigenvalue weighted by Gasteiger charge is -2.11. The first-order valence-electron chi connectivity index (χ1n) is 3.96. The van der Waals surface area contributed by atoms with Crippen LogP contribution in [0.5, 0.6) is 0 Å². The zero-order valence-electron chi connectivity index (χ0n) is 7.00. The highest BCUT2D eigenvalue weighted by Gasteiger charge is 2.09. The second-order valence-electron chi connectivity index (χ2n) is 2.78. The second kappa shape index (κ2) is 4.69. The summed E-state index contributed by atoms with van der Waals surface area (Å²) in [7, 11) is 0. The Morgan fingerprint density at radius 2 is 2.23 bits per heavy atom. The molecule has 0 spiro atoms. The molecule has 1 rings (SSSR count). The molecule has 3 N–H and O–H groups in total. The van der Waals surface area contributed by atoms with E-state index < -0.39 is 0 Å². The summed E-state index contributed by atoms with van der Waals surface area (Å²) in [6.45, 7) is 0.0327. The van der Waals surface area contributed by atoms with Crippen molar-refractivity contribution in [1.82, 2.24) is 0 Å². The quantitative estimate of drug-likeness (QED) is 0.858. The van der Waals surface area contributed by atoms with Gasteiger partial charge in [0.1, 0.15) is 5.82 Å². The minimum Gasteiger partial charge on any atom is -0.396 e. The number of aliphatic hydroxyl groups is 1. The first-order valence-corrected chi connectivity index (χ1v) is 4.76. The largest absolute Gasteiger partial charge is 0.396 e. The van der Waals surface area contributed by atoms with Gasteiger partial charge >= 0.3 is 0 Å². The lowest BCUT2D eigenvalue weighted by molar-refractivity contribution is 0.276. The van der Waals surface area contributed by atoms with E-state index in [0.29, 0.717) is 10.9 Å². The van der Waals surface area contributed by atoms with Crippen molar-refractivity contribution >= 4 is 15.9 Å². The fourth-order valence-electron chi connectivity index (χ4n) is 1.10. The van der Waals surface area contributed by atoms with Gasteiger partial charge in [-0.2, -0.15) is 0 Å². The number of nitrogens with two attached hydrogens (primary N) is 1. The highest BCUT2D eigenvalue weighted by molar-refractivity contribution is 9.10. The third kappa shape index (κ3) is 2.76. The van der Waals surface area contributed by atoms with Crippen molar-refractivity contribution in [1.29, 1.82) is 0 Å². The van der Waals surface area contributed by atoms with Crippen LogP contribution in [0.2, 0.25) is 0 Å². The molecule has 13 heavy (non-hydrogen) atoms. The molecule has 2 nitrogen and oxygen atoms in total. The Bertz CT molecular complexity index is 293. The van der Waals surface area contributed by atoms with Crippen LogP contribution in [-0.4, -0.2) is 11.7 Å². The smallest absolute Gasteiger partial charge is 0.124 e. The van der Waals surface area contributed by atoms with Crippen molar-refractivity contribution in [3.05, 3.63) is 34.1 Å². The Balaban J connectivity index is 2.88. The zero-order valence-corrected chi connectivity index (χ0v) is 8.59. The van der Waals surface area contributed by atoms with E-state index in [1.54, 1.807) is 6.07 Å². The Hall–Kier alpha value is -0.450. The number of aliphatic hydroxyl groups excluding tert-OH is 1. The monoisotopic (exact) mass is 247 g/mol. The van der Waals surface area contributed by atoms with Gasteiger partial charge in [0.25, 0.3) is 0 Å². The van der Waals surface area contributed by atoms with Gasteiger partial charge in [-0.25, -0.2) is 4.39 Å². The van der Waals surface area contributed by atoms with E-state index >= 15 is 0 Å². The molecule has 0 saturated heterocycles. The van der Waals surface area contributed by atoms with E-state index in [-0.39, 0.29) is 18.5 Å². The molecule has 0 heterocycles. The van der Waals surface area contributed by atoms with E-state index in [1.807, 2.05) is 0 Å². The van der Waals surface area contributed by atoms with Crippen LogP contribution in [-0.2, 0) is 0 Å². The SMILES string of the molecule is NC(CCO)c1ccc(F)cc1Br. The molecule has 1 unspecified atom stereocenters. The molecule has 0 bridgehead atoms. The van der Waals surface area contributed by atoms with Gasteiger partial charge in [-0.1, -0.05) is 22.0 Å². The zero-order chi connectivity index (χ0) is 9.84. The summed E-state index contributed by atoms with van der Waals surface area (Å²) in [6, 6.07) is 4.10. The summed E-state index contributed by atoms with van der Waals surface area (Å²) in [5.74, 6) is -0.299. The van der Waals surface area contributed by atoms with Gasteiger partial charge in [0, 0.05) is 17.1 Å². The lowest BCUT2D eigenvalue weighted by Crippen LogP contribution is -2.12. The maximum absolute atomic E-state index is 12.7. The van der Waals surface area contributed by atoms with Gasteiger partial charge in [-0.05, 0) is 24.1 Å². The maximum atomic E-state index is 12.7. The predicted molar refractivity (Wildman–Crippen MR) is 52.7 cm³/mol. The van der Waals surface area contributed by atoms with Crippen LogP contribution in [0.1, 0.15) is 18.0 Å². The average Bonchev–Trinajstić information content (AvgIpc) is 2.04. The minimum absolute atomic E-state index is 0.0327. The number of rotatable bonds is 3. The molecular formula is C9H11BrFNO. The number of halogens is 2. The molecule has 0 saturated carbocycles. The molecule has 1 atom stereocenters. The Labute approximate surface area is 84.7 Å². The van der Waals surface area contributed by atoms with Crippen molar-refractivity contribution < 1.29 is 9.50 Å². The Kier molecular flexibility index (Phi) is 3.84. The molecule has 4 heteroatoms. The Morgan fingerprint density at radius 3 is 2.77 bits per heavy atom. The van der Waals surface area contributed by atoms with Crippen LogP contribution in [0.25, 0.3) is 0 Å². The van der Waals surface area contributed by atoms with E-state index in [4.69, 9.17) is 10.8 Å². The number of benzene rings is 1. The third-order valence-corrected chi connectivity index (χ3v) is 2.49. The van der Waals surface area contributed by atoms with Gasteiger partial charge in [0.2, 0.25) is 0 Å². The predicted octanol–water partition coefficient (Wildman–Crippen LogP) is 1.97. The molecule has 0 amide bonds. The van der Waals surface area contributed by atoms with Gasteiger partial charge in [0.05, 0.1) is 0 Å². The van der Waals surface area contributed by atoms with Crippen molar-refractivity contribution in [2.45, 2.75) is 12.5 Å². The minimum atomic E-state index is -0.299. The maximum Gasteiger partial charge on any atom is 0.124 e. The van der Waals surface area contributed by atoms with Gasteiger partial charge in [0.15, 0.2) is 0 Å². The highest BCUT2D eigenvalue weighted by atomic mass is 79.9. The van der Waals surface area contributed by atoms with Crippen LogP contribution in [0, 0.1) is 5.82 Å². The fourth-order valence-corrected chi connectivity index (χ4v) is 1.74. The van der Waals surface area contributed by atoms with E-state index in [2.05, 4.69) is 15.9 Å². The van der Waals surface area contributed by atoms with E-state index in [1.165, 1.54) is 12.1 Å². The van der Waals surface area contributed by atoms with Crippen LogP contribution >= 0.6 is 15.9 Å². The van der Waals surface area contributed by atoms with Crippen molar-refractivity contribution in [3.63, 3.8) is 0 Å². The van der Waals surface area contributed by atoms with Crippen molar-refractivity contribution in [3.8, 4) is 0 Å². The molecule has 1 aromatic rings. The molecule has 0 aliphatic carbocycles. The summed E-state index contributed by atoms with van der Waals surface area (Å²) in [6.07, 6.45) is 0.476. The molecule has 1 aromatic carbocycles. The molecule has 0 aromatic heterocycles. The molecule has 0 fully saturated rings. The topological polar surface area (TPSA) is 46.2 Å². The van der Waals surface area contributed by atoms with Gasteiger partial charge in [-0.3, -0.25) is 0 Å². The first-order chi connectivity index (χ1) is 6.15. The number of hydrogen-bond donors (Lipinski definition) is 2. The first kappa shape index (κ1) is 10.6. The molecule has 0 aliphatic rings. The van der Waals surface area contributed by atoms with Crippen molar-refractivity contribution in [2.75, 3.05) is 6.61 Å². The summed E-state index contributed by atoms with van der Waals surface area (Å²) >= 11 is 3.22. The van der Waals surface area contributed by atoms with Gasteiger partial charge in [-0.15, -0.1) is 0 Å². The second-order valence-corrected chi connectivity index (χ2v) is 3.64. The molecular weight excluding hydrogens is 237 g/mol. The summed E-state index contributed by atoms with van der Waals surface area (Å²) in [5.41, 5.74) is 6.56. The van der Waals surface area contributed by atoms with E-state index in [9.17, 15) is 4.39 Å². The fraction of sp³-hybridized carbons (Fsp3) is 0.333. The Morgan fingerprint density at radius 1 is 1.54 bits per heavy atom. The van der Waals surface area contributed by atoms with Gasteiger partial charge < -0.3 is 10.8 Å². The highest BCUT2D eigenvalue weighted by Crippen LogP contribution is 2.24. The van der Waals surface area contributed by atoms with Crippen LogP contribution in [0.3, 0.4) is 0 Å².